The van der Waals surface area contributed by atoms with Crippen molar-refractivity contribution >= 4 is 5.97 Å². The summed E-state index contributed by atoms with van der Waals surface area (Å²) in [5.74, 6) is 0.557. The molecule has 2 N–H and O–H groups in total. The van der Waals surface area contributed by atoms with Crippen LogP contribution in [0.4, 0.5) is 0 Å². The van der Waals surface area contributed by atoms with Crippen molar-refractivity contribution in [3.8, 4) is 0 Å². The molecular formula is C19H27NO2. The zero-order valence-corrected chi connectivity index (χ0v) is 13.6. The van der Waals surface area contributed by atoms with Gasteiger partial charge in [-0.15, -0.1) is 0 Å². The van der Waals surface area contributed by atoms with Crippen molar-refractivity contribution in [2.75, 3.05) is 0 Å². The van der Waals surface area contributed by atoms with E-state index in [1.54, 1.807) is 0 Å². The Balaban J connectivity index is 1.66. The van der Waals surface area contributed by atoms with Crippen molar-refractivity contribution in [2.24, 2.45) is 11.8 Å². The summed E-state index contributed by atoms with van der Waals surface area (Å²) in [7, 11) is 0. The van der Waals surface area contributed by atoms with Crippen LogP contribution in [0.3, 0.4) is 0 Å². The molecule has 1 aromatic rings. The molecule has 0 amide bonds. The second-order valence-electron chi connectivity index (χ2n) is 7.32. The molecule has 1 fully saturated rings. The van der Waals surface area contributed by atoms with Gasteiger partial charge in [0, 0.05) is 12.1 Å². The quantitative estimate of drug-likeness (QED) is 0.880. The minimum absolute atomic E-state index is 0.127. The number of aliphatic carboxylic acids is 1. The van der Waals surface area contributed by atoms with E-state index in [4.69, 9.17) is 5.11 Å². The van der Waals surface area contributed by atoms with Crippen LogP contribution in [0.5, 0.6) is 0 Å². The lowest BCUT2D eigenvalue weighted by Crippen LogP contribution is -2.36. The van der Waals surface area contributed by atoms with Gasteiger partial charge in [0.25, 0.3) is 0 Å². The molecule has 0 aliphatic heterocycles. The Kier molecular flexibility index (Phi) is 4.53. The molecule has 0 unspecified atom stereocenters. The summed E-state index contributed by atoms with van der Waals surface area (Å²) in [5, 5.41) is 12.9. The van der Waals surface area contributed by atoms with Gasteiger partial charge in [-0.2, -0.15) is 0 Å². The van der Waals surface area contributed by atoms with E-state index >= 15 is 0 Å². The summed E-state index contributed by atoms with van der Waals surface area (Å²) in [4.78, 5) is 11.1. The van der Waals surface area contributed by atoms with Crippen molar-refractivity contribution in [2.45, 2.75) is 64.0 Å². The van der Waals surface area contributed by atoms with Crippen LogP contribution >= 0.6 is 0 Å². The lowest BCUT2D eigenvalue weighted by molar-refractivity contribution is -0.142. The zero-order chi connectivity index (χ0) is 15.7. The highest BCUT2D eigenvalue weighted by Gasteiger charge is 2.34. The molecule has 2 aliphatic rings. The van der Waals surface area contributed by atoms with Gasteiger partial charge in [0.2, 0.25) is 0 Å². The lowest BCUT2D eigenvalue weighted by atomic mass is 9.85. The van der Waals surface area contributed by atoms with Gasteiger partial charge < -0.3 is 10.4 Å². The van der Waals surface area contributed by atoms with Gasteiger partial charge in [-0.1, -0.05) is 38.1 Å². The van der Waals surface area contributed by atoms with Crippen LogP contribution in [-0.4, -0.2) is 17.1 Å². The SMILES string of the molecule is CC(C)[C@H]1C[C@@H](NC2CCC(C(=O)O)CC2)c2ccccc21. The van der Waals surface area contributed by atoms with Crippen LogP contribution in [0.25, 0.3) is 0 Å². The van der Waals surface area contributed by atoms with E-state index in [-0.39, 0.29) is 5.92 Å². The van der Waals surface area contributed by atoms with Gasteiger partial charge in [-0.25, -0.2) is 0 Å². The standard InChI is InChI=1S/C19H27NO2/c1-12(2)17-11-18(16-6-4-3-5-15(16)17)20-14-9-7-13(8-10-14)19(21)22/h3-6,12-14,17-18,20H,7-11H2,1-2H3,(H,21,22)/t13?,14?,17-,18-/m1/s1. The average Bonchev–Trinajstić information content (AvgIpc) is 2.87. The summed E-state index contributed by atoms with van der Waals surface area (Å²) in [6.07, 6.45) is 4.78. The molecule has 0 spiro atoms. The molecule has 120 valence electrons. The molecule has 1 aromatic carbocycles. The Morgan fingerprint density at radius 2 is 1.77 bits per heavy atom. The first-order valence-corrected chi connectivity index (χ1v) is 8.64. The number of rotatable bonds is 4. The van der Waals surface area contributed by atoms with Crippen LogP contribution < -0.4 is 5.32 Å². The number of nitrogens with one attached hydrogen (secondary N) is 1. The van der Waals surface area contributed by atoms with E-state index in [0.717, 1.165) is 25.7 Å². The van der Waals surface area contributed by atoms with Crippen LogP contribution in [-0.2, 0) is 4.79 Å². The lowest BCUT2D eigenvalue weighted by Gasteiger charge is -2.30. The molecular weight excluding hydrogens is 274 g/mol. The van der Waals surface area contributed by atoms with Gasteiger partial charge >= 0.3 is 5.97 Å². The van der Waals surface area contributed by atoms with E-state index in [1.807, 2.05) is 0 Å². The van der Waals surface area contributed by atoms with Crippen molar-refractivity contribution in [1.29, 1.82) is 0 Å². The largest absolute Gasteiger partial charge is 0.481 e. The fourth-order valence-corrected chi connectivity index (χ4v) is 4.25. The van der Waals surface area contributed by atoms with Gasteiger partial charge in [-0.05, 0) is 55.1 Å². The maximum absolute atomic E-state index is 11.1. The molecule has 22 heavy (non-hydrogen) atoms. The molecule has 3 nitrogen and oxygen atoms in total. The third-order valence-electron chi connectivity index (χ3n) is 5.58. The van der Waals surface area contributed by atoms with Gasteiger partial charge in [-0.3, -0.25) is 4.79 Å². The summed E-state index contributed by atoms with van der Waals surface area (Å²) in [6.45, 7) is 4.61. The number of carboxylic acids is 1. The number of carboxylic acid groups (broad SMARTS) is 1. The number of fused-ring (bicyclic) bond motifs is 1. The first-order chi connectivity index (χ1) is 10.6. The van der Waals surface area contributed by atoms with Crippen molar-refractivity contribution < 1.29 is 9.90 Å². The Labute approximate surface area is 133 Å². The molecule has 3 heteroatoms. The van der Waals surface area contributed by atoms with Crippen molar-refractivity contribution in [1.82, 2.24) is 5.32 Å². The molecule has 0 saturated heterocycles. The highest BCUT2D eigenvalue weighted by molar-refractivity contribution is 5.70. The number of hydrogen-bond donors (Lipinski definition) is 2. The van der Waals surface area contributed by atoms with E-state index in [1.165, 1.54) is 17.5 Å². The monoisotopic (exact) mass is 301 g/mol. The third kappa shape index (κ3) is 3.05. The first-order valence-electron chi connectivity index (χ1n) is 8.64. The highest BCUT2D eigenvalue weighted by atomic mass is 16.4. The normalized spacial score (nSPS) is 31.2. The zero-order valence-electron chi connectivity index (χ0n) is 13.6. The third-order valence-corrected chi connectivity index (χ3v) is 5.58. The van der Waals surface area contributed by atoms with Gasteiger partial charge in [0.15, 0.2) is 0 Å². The smallest absolute Gasteiger partial charge is 0.306 e. The second kappa shape index (κ2) is 6.41. The second-order valence-corrected chi connectivity index (χ2v) is 7.32. The topological polar surface area (TPSA) is 49.3 Å². The summed E-state index contributed by atoms with van der Waals surface area (Å²) >= 11 is 0. The van der Waals surface area contributed by atoms with Gasteiger partial charge in [0.1, 0.15) is 0 Å². The average molecular weight is 301 g/mol. The molecule has 1 saturated carbocycles. The Hall–Kier alpha value is -1.35. The van der Waals surface area contributed by atoms with E-state index in [9.17, 15) is 4.79 Å². The van der Waals surface area contributed by atoms with Crippen LogP contribution in [0.2, 0.25) is 0 Å². The minimum atomic E-state index is -0.621. The van der Waals surface area contributed by atoms with Gasteiger partial charge in [0.05, 0.1) is 5.92 Å². The predicted octanol–water partition coefficient (Wildman–Crippen LogP) is 4.10. The first kappa shape index (κ1) is 15.5. The molecule has 0 heterocycles. The highest BCUT2D eigenvalue weighted by Crippen LogP contribution is 2.44. The molecule has 3 rings (SSSR count). The summed E-state index contributed by atoms with van der Waals surface area (Å²) in [5.41, 5.74) is 2.97. The molecule has 0 bridgehead atoms. The molecule has 0 radical (unpaired) electrons. The fourth-order valence-electron chi connectivity index (χ4n) is 4.25. The van der Waals surface area contributed by atoms with Crippen molar-refractivity contribution in [3.63, 3.8) is 0 Å². The predicted molar refractivity (Wildman–Crippen MR) is 87.9 cm³/mol. The Bertz CT molecular complexity index is 532. The molecule has 0 aromatic heterocycles. The van der Waals surface area contributed by atoms with Crippen LogP contribution in [0.1, 0.15) is 69.0 Å². The fraction of sp³-hybridized carbons (Fsp3) is 0.632. The maximum Gasteiger partial charge on any atom is 0.306 e. The van der Waals surface area contributed by atoms with E-state index in [0.29, 0.717) is 23.9 Å². The van der Waals surface area contributed by atoms with E-state index in [2.05, 4.69) is 43.4 Å². The molecule has 2 atom stereocenters. The van der Waals surface area contributed by atoms with Crippen molar-refractivity contribution in [3.05, 3.63) is 35.4 Å². The Morgan fingerprint density at radius 1 is 1.14 bits per heavy atom. The number of hydrogen-bond acceptors (Lipinski definition) is 2. The van der Waals surface area contributed by atoms with Crippen LogP contribution in [0.15, 0.2) is 24.3 Å². The van der Waals surface area contributed by atoms with Crippen LogP contribution in [0, 0.1) is 11.8 Å². The number of carbonyl (C=O) groups is 1. The maximum atomic E-state index is 11.1. The number of benzene rings is 1. The summed E-state index contributed by atoms with van der Waals surface area (Å²) in [6, 6.07) is 9.74. The summed E-state index contributed by atoms with van der Waals surface area (Å²) < 4.78 is 0. The molecule has 2 aliphatic carbocycles. The minimum Gasteiger partial charge on any atom is -0.481 e. The Morgan fingerprint density at radius 3 is 2.36 bits per heavy atom. The van der Waals surface area contributed by atoms with E-state index < -0.39 is 5.97 Å².